The molecule has 1 aliphatic carbocycles. The van der Waals surface area contributed by atoms with Gasteiger partial charge in [-0.1, -0.05) is 55.1 Å². The molecular formula is C26H27NO4. The minimum Gasteiger partial charge on any atom is -0.494 e. The Labute approximate surface area is 182 Å². The second-order valence-electron chi connectivity index (χ2n) is 7.93. The summed E-state index contributed by atoms with van der Waals surface area (Å²) in [6.45, 7) is 6.53. The topological polar surface area (TPSA) is 64.6 Å². The minimum absolute atomic E-state index is 0.0420. The summed E-state index contributed by atoms with van der Waals surface area (Å²) >= 11 is 0. The first kappa shape index (κ1) is 20.9. The van der Waals surface area contributed by atoms with Crippen LogP contribution in [0.25, 0.3) is 0 Å². The molecule has 31 heavy (non-hydrogen) atoms. The summed E-state index contributed by atoms with van der Waals surface area (Å²) in [5.41, 5.74) is 3.97. The smallest absolute Gasteiger partial charge is 0.315 e. The maximum Gasteiger partial charge on any atom is 0.315 e. The third kappa shape index (κ3) is 3.88. The van der Waals surface area contributed by atoms with Gasteiger partial charge in [-0.05, 0) is 30.9 Å². The Kier molecular flexibility index (Phi) is 5.94. The predicted octanol–water partition coefficient (Wildman–Crippen LogP) is 4.48. The molecule has 2 aliphatic rings. The van der Waals surface area contributed by atoms with Crippen molar-refractivity contribution in [2.24, 2.45) is 5.92 Å². The lowest BCUT2D eigenvalue weighted by Gasteiger charge is -2.40. The third-order valence-electron chi connectivity index (χ3n) is 6.12. The van der Waals surface area contributed by atoms with Gasteiger partial charge in [0.25, 0.3) is 0 Å². The Morgan fingerprint density at radius 1 is 1.10 bits per heavy atom. The van der Waals surface area contributed by atoms with Crippen molar-refractivity contribution in [1.29, 1.82) is 0 Å². The summed E-state index contributed by atoms with van der Waals surface area (Å²) in [5, 5.41) is 3.29. The van der Waals surface area contributed by atoms with E-state index < -0.39 is 17.8 Å². The Morgan fingerprint density at radius 3 is 2.52 bits per heavy atom. The normalized spacial score (nSPS) is 23.1. The summed E-state index contributed by atoms with van der Waals surface area (Å²) in [7, 11) is 1.36. The second-order valence-corrected chi connectivity index (χ2v) is 7.93. The average Bonchev–Trinajstić information content (AvgIpc) is 2.79. The van der Waals surface area contributed by atoms with E-state index in [0.717, 1.165) is 16.8 Å². The van der Waals surface area contributed by atoms with Gasteiger partial charge in [-0.25, -0.2) is 0 Å². The van der Waals surface area contributed by atoms with Gasteiger partial charge in [0.05, 0.1) is 13.7 Å². The number of rotatable bonds is 5. The van der Waals surface area contributed by atoms with Crippen molar-refractivity contribution in [1.82, 2.24) is 5.32 Å². The summed E-state index contributed by atoms with van der Waals surface area (Å²) in [4.78, 5) is 26.3. The number of carbonyl (C=O) groups excluding carboxylic acids is 2. The highest BCUT2D eigenvalue weighted by molar-refractivity contribution is 6.01. The lowest BCUT2D eigenvalue weighted by molar-refractivity contribution is -0.144. The van der Waals surface area contributed by atoms with Crippen LogP contribution in [0.15, 0.2) is 78.1 Å². The molecule has 0 amide bonds. The highest BCUT2D eigenvalue weighted by atomic mass is 16.5. The number of para-hydroxylation sites is 1. The van der Waals surface area contributed by atoms with Crippen molar-refractivity contribution in [3.63, 3.8) is 0 Å². The number of carbonyl (C=O) groups is 2. The van der Waals surface area contributed by atoms with Crippen LogP contribution in [0.5, 0.6) is 5.75 Å². The number of hydrogen-bond acceptors (Lipinski definition) is 5. The lowest BCUT2D eigenvalue weighted by atomic mass is 9.69. The number of ketones is 1. The van der Waals surface area contributed by atoms with Crippen molar-refractivity contribution < 1.29 is 19.1 Å². The molecular weight excluding hydrogens is 390 g/mol. The molecule has 3 unspecified atom stereocenters. The number of benzene rings is 2. The number of nitrogens with one attached hydrogen (secondary N) is 1. The van der Waals surface area contributed by atoms with E-state index in [-0.39, 0.29) is 11.7 Å². The van der Waals surface area contributed by atoms with Gasteiger partial charge in [0.1, 0.15) is 11.7 Å². The SMILES string of the molecule is C=C1NC2=C(C(=O)CC(c3ccccc3)C2)C(c2ccccc2OCC)C1C(=O)OC. The van der Waals surface area contributed by atoms with Gasteiger partial charge < -0.3 is 14.8 Å². The summed E-state index contributed by atoms with van der Waals surface area (Å²) in [5.74, 6) is -0.821. The fourth-order valence-corrected chi connectivity index (χ4v) is 4.78. The first-order chi connectivity index (χ1) is 15.0. The van der Waals surface area contributed by atoms with Gasteiger partial charge in [0, 0.05) is 34.9 Å². The zero-order valence-electron chi connectivity index (χ0n) is 17.9. The van der Waals surface area contributed by atoms with Crippen LogP contribution in [-0.2, 0) is 14.3 Å². The van der Waals surface area contributed by atoms with Crippen LogP contribution in [0.3, 0.4) is 0 Å². The Hall–Kier alpha value is -3.34. The van der Waals surface area contributed by atoms with Gasteiger partial charge in [0.2, 0.25) is 0 Å². The number of esters is 1. The third-order valence-corrected chi connectivity index (χ3v) is 6.12. The Balaban J connectivity index is 1.84. The maximum atomic E-state index is 13.5. The number of hydrogen-bond donors (Lipinski definition) is 1. The van der Waals surface area contributed by atoms with Crippen LogP contribution in [0, 0.1) is 5.92 Å². The predicted molar refractivity (Wildman–Crippen MR) is 119 cm³/mol. The van der Waals surface area contributed by atoms with Gasteiger partial charge in [0.15, 0.2) is 5.78 Å². The highest BCUT2D eigenvalue weighted by Gasteiger charge is 2.46. The molecule has 5 nitrogen and oxygen atoms in total. The van der Waals surface area contributed by atoms with Crippen LogP contribution in [-0.4, -0.2) is 25.5 Å². The molecule has 4 rings (SSSR count). The van der Waals surface area contributed by atoms with E-state index in [9.17, 15) is 9.59 Å². The van der Waals surface area contributed by atoms with Gasteiger partial charge >= 0.3 is 5.97 Å². The monoisotopic (exact) mass is 417 g/mol. The van der Waals surface area contributed by atoms with Crippen LogP contribution >= 0.6 is 0 Å². The lowest BCUT2D eigenvalue weighted by Crippen LogP contribution is -2.42. The van der Waals surface area contributed by atoms with Gasteiger partial charge in [-0.3, -0.25) is 9.59 Å². The highest BCUT2D eigenvalue weighted by Crippen LogP contribution is 2.48. The van der Waals surface area contributed by atoms with Crippen molar-refractivity contribution in [2.75, 3.05) is 13.7 Å². The van der Waals surface area contributed by atoms with E-state index >= 15 is 0 Å². The molecule has 0 bridgehead atoms. The average molecular weight is 418 g/mol. The van der Waals surface area contributed by atoms with E-state index in [1.54, 1.807) is 0 Å². The van der Waals surface area contributed by atoms with Gasteiger partial charge in [-0.15, -0.1) is 0 Å². The summed E-state index contributed by atoms with van der Waals surface area (Å²) in [6, 6.07) is 17.7. The van der Waals surface area contributed by atoms with Crippen LogP contribution < -0.4 is 10.1 Å². The van der Waals surface area contributed by atoms with E-state index in [1.807, 2.05) is 49.4 Å². The largest absolute Gasteiger partial charge is 0.494 e. The summed E-state index contributed by atoms with van der Waals surface area (Å²) in [6.07, 6.45) is 1.09. The Bertz CT molecular complexity index is 1040. The van der Waals surface area contributed by atoms with Crippen LogP contribution in [0.1, 0.15) is 42.7 Å². The molecule has 2 aromatic rings. The number of Topliss-reactive ketones (excluding diaryl/α,β-unsaturated/α-hetero) is 1. The molecule has 0 fully saturated rings. The van der Waals surface area contributed by atoms with Crippen LogP contribution in [0.4, 0.5) is 0 Å². The molecule has 5 heteroatoms. The molecule has 0 spiro atoms. The molecule has 160 valence electrons. The zero-order chi connectivity index (χ0) is 22.0. The van der Waals surface area contributed by atoms with E-state index in [0.29, 0.717) is 36.5 Å². The number of methoxy groups -OCH3 is 1. The molecule has 1 aliphatic heterocycles. The molecule has 0 saturated carbocycles. The van der Waals surface area contributed by atoms with Crippen molar-refractivity contribution in [3.8, 4) is 5.75 Å². The summed E-state index contributed by atoms with van der Waals surface area (Å²) < 4.78 is 11.0. The fraction of sp³-hybridized carbons (Fsp3) is 0.308. The molecule has 2 aromatic carbocycles. The standard InChI is InChI=1S/C26H27NO4/c1-4-31-22-13-9-8-12-19(22)24-23(26(29)30-3)16(2)27-20-14-18(15-21(28)25(20)24)17-10-6-5-7-11-17/h5-13,18,23-24,27H,2,4,14-15H2,1,3H3. The molecule has 1 heterocycles. The first-order valence-corrected chi connectivity index (χ1v) is 10.6. The van der Waals surface area contributed by atoms with Crippen LogP contribution in [0.2, 0.25) is 0 Å². The molecule has 0 saturated heterocycles. The number of allylic oxidation sites excluding steroid dienone is 2. The van der Waals surface area contributed by atoms with Gasteiger partial charge in [-0.2, -0.15) is 0 Å². The molecule has 3 atom stereocenters. The first-order valence-electron chi connectivity index (χ1n) is 10.6. The Morgan fingerprint density at radius 2 is 1.81 bits per heavy atom. The van der Waals surface area contributed by atoms with E-state index in [4.69, 9.17) is 9.47 Å². The van der Waals surface area contributed by atoms with Crippen molar-refractivity contribution >= 4 is 11.8 Å². The fourth-order valence-electron chi connectivity index (χ4n) is 4.78. The van der Waals surface area contributed by atoms with E-state index in [2.05, 4.69) is 24.0 Å². The van der Waals surface area contributed by atoms with Crippen molar-refractivity contribution in [2.45, 2.75) is 31.6 Å². The molecule has 1 N–H and O–H groups in total. The van der Waals surface area contributed by atoms with E-state index in [1.165, 1.54) is 7.11 Å². The number of ether oxygens (including phenoxy) is 2. The van der Waals surface area contributed by atoms with Crippen molar-refractivity contribution in [3.05, 3.63) is 89.3 Å². The maximum absolute atomic E-state index is 13.5. The molecule has 0 aromatic heterocycles. The molecule has 0 radical (unpaired) electrons. The minimum atomic E-state index is -0.706. The zero-order valence-corrected chi connectivity index (χ0v) is 17.9. The second kappa shape index (κ2) is 8.80. The quantitative estimate of drug-likeness (QED) is 0.727.